The van der Waals surface area contributed by atoms with Crippen molar-refractivity contribution in [2.24, 2.45) is 7.05 Å². The number of rotatable bonds is 5. The molecule has 0 spiro atoms. The van der Waals surface area contributed by atoms with E-state index in [-0.39, 0.29) is 10.7 Å². The molecule has 0 saturated heterocycles. The van der Waals surface area contributed by atoms with Gasteiger partial charge in [-0.1, -0.05) is 0 Å². The summed E-state index contributed by atoms with van der Waals surface area (Å²) in [7, 11) is 1.14. The number of aromatic nitrogens is 3. The number of nitrogen functional groups attached to an aromatic ring is 1. The maximum atomic E-state index is 12.2. The number of hydrogen-bond donors (Lipinski definition) is 2. The Morgan fingerprint density at radius 3 is 2.75 bits per heavy atom. The molecule has 10 heteroatoms. The van der Waals surface area contributed by atoms with E-state index in [4.69, 9.17) is 5.73 Å². The van der Waals surface area contributed by atoms with Crippen molar-refractivity contribution in [3.8, 4) is 0 Å². The monoisotopic (exact) mass is 316 g/mol. The van der Waals surface area contributed by atoms with Crippen LogP contribution in [0.25, 0.3) is 0 Å². The third kappa shape index (κ3) is 2.62. The molecule has 0 aromatic carbocycles. The molecular formula is C10H16N6O2S2. The van der Waals surface area contributed by atoms with Crippen LogP contribution in [0.2, 0.25) is 0 Å². The standard InChI is InChI=1S/C10H16N6O2S2/c1-15(2)20(17,18)8-9(11)14-19-10(8)13-6-7-12-4-5-16(7)3/h4-5,13H,6H2,1-3H3,(H2,11,14). The topological polar surface area (TPSA) is 106 Å². The zero-order valence-corrected chi connectivity index (χ0v) is 13.0. The first-order valence-corrected chi connectivity index (χ1v) is 7.93. The Kier molecular flexibility index (Phi) is 3.97. The molecule has 0 fully saturated rings. The molecule has 0 unspecified atom stereocenters. The van der Waals surface area contributed by atoms with E-state index in [0.29, 0.717) is 11.5 Å². The third-order valence-corrected chi connectivity index (χ3v) is 5.58. The first-order chi connectivity index (χ1) is 9.34. The van der Waals surface area contributed by atoms with Gasteiger partial charge in [0.2, 0.25) is 10.0 Å². The lowest BCUT2D eigenvalue weighted by molar-refractivity contribution is 0.521. The van der Waals surface area contributed by atoms with Gasteiger partial charge in [0.25, 0.3) is 0 Å². The highest BCUT2D eigenvalue weighted by atomic mass is 32.2. The zero-order valence-electron chi connectivity index (χ0n) is 11.4. The van der Waals surface area contributed by atoms with Gasteiger partial charge in [0.05, 0.1) is 6.54 Å². The van der Waals surface area contributed by atoms with E-state index in [0.717, 1.165) is 21.7 Å². The van der Waals surface area contributed by atoms with Gasteiger partial charge in [0, 0.05) is 33.5 Å². The average molecular weight is 316 g/mol. The Hall–Kier alpha value is -1.65. The zero-order chi connectivity index (χ0) is 14.9. The minimum atomic E-state index is -3.63. The predicted octanol–water partition coefficient (Wildman–Crippen LogP) is 0.321. The first kappa shape index (κ1) is 14.8. The molecule has 20 heavy (non-hydrogen) atoms. The fraction of sp³-hybridized carbons (Fsp3) is 0.400. The number of anilines is 2. The fourth-order valence-electron chi connectivity index (χ4n) is 1.56. The van der Waals surface area contributed by atoms with Crippen molar-refractivity contribution in [3.05, 3.63) is 18.2 Å². The summed E-state index contributed by atoms with van der Waals surface area (Å²) in [6.45, 7) is 0.390. The van der Waals surface area contributed by atoms with Gasteiger partial charge in [-0.05, 0) is 11.5 Å². The molecule has 0 amide bonds. The fourth-order valence-corrected chi connectivity index (χ4v) is 3.64. The number of nitrogens with zero attached hydrogens (tertiary/aromatic N) is 4. The van der Waals surface area contributed by atoms with Crippen LogP contribution in [0.5, 0.6) is 0 Å². The van der Waals surface area contributed by atoms with Crippen molar-refractivity contribution >= 4 is 32.4 Å². The van der Waals surface area contributed by atoms with Crippen molar-refractivity contribution in [2.75, 3.05) is 25.1 Å². The number of hydrogen-bond acceptors (Lipinski definition) is 7. The molecule has 0 aliphatic rings. The van der Waals surface area contributed by atoms with Crippen LogP contribution in [0.1, 0.15) is 5.82 Å². The van der Waals surface area contributed by atoms with Crippen molar-refractivity contribution < 1.29 is 8.42 Å². The summed E-state index contributed by atoms with van der Waals surface area (Å²) in [5, 5.41) is 3.44. The molecule has 0 aliphatic heterocycles. The van der Waals surface area contributed by atoms with E-state index in [9.17, 15) is 8.42 Å². The van der Waals surface area contributed by atoms with E-state index in [2.05, 4.69) is 14.7 Å². The lowest BCUT2D eigenvalue weighted by Gasteiger charge is -2.12. The van der Waals surface area contributed by atoms with Gasteiger partial charge in [-0.2, -0.15) is 4.37 Å². The molecule has 8 nitrogen and oxygen atoms in total. The molecule has 0 aliphatic carbocycles. The van der Waals surface area contributed by atoms with Crippen LogP contribution < -0.4 is 11.1 Å². The van der Waals surface area contributed by atoms with Crippen molar-refractivity contribution in [3.63, 3.8) is 0 Å². The second-order valence-corrected chi connectivity index (χ2v) is 7.18. The van der Waals surface area contributed by atoms with Crippen LogP contribution in [-0.2, 0) is 23.6 Å². The van der Waals surface area contributed by atoms with Gasteiger partial charge in [-0.3, -0.25) is 0 Å². The number of imidazole rings is 1. The average Bonchev–Trinajstić information content (AvgIpc) is 2.93. The lowest BCUT2D eigenvalue weighted by atomic mass is 10.5. The third-order valence-electron chi connectivity index (χ3n) is 2.74. The Morgan fingerprint density at radius 1 is 1.50 bits per heavy atom. The van der Waals surface area contributed by atoms with Gasteiger partial charge in [-0.25, -0.2) is 17.7 Å². The van der Waals surface area contributed by atoms with E-state index < -0.39 is 10.0 Å². The van der Waals surface area contributed by atoms with Gasteiger partial charge in [0.1, 0.15) is 10.8 Å². The minimum absolute atomic E-state index is 0.00559. The van der Waals surface area contributed by atoms with Crippen molar-refractivity contribution in [1.29, 1.82) is 0 Å². The molecular weight excluding hydrogens is 300 g/mol. The Morgan fingerprint density at radius 2 is 2.20 bits per heavy atom. The number of nitrogens with two attached hydrogens (primary N) is 1. The smallest absolute Gasteiger partial charge is 0.249 e. The summed E-state index contributed by atoms with van der Waals surface area (Å²) in [4.78, 5) is 4.17. The highest BCUT2D eigenvalue weighted by Gasteiger charge is 2.27. The van der Waals surface area contributed by atoms with Crippen LogP contribution in [-0.4, -0.2) is 40.7 Å². The van der Waals surface area contributed by atoms with Crippen LogP contribution in [0.4, 0.5) is 10.8 Å². The second-order valence-electron chi connectivity index (χ2n) is 4.32. The Labute approximate surface area is 121 Å². The minimum Gasteiger partial charge on any atom is -0.382 e. The summed E-state index contributed by atoms with van der Waals surface area (Å²) in [5.74, 6) is 0.788. The van der Waals surface area contributed by atoms with E-state index in [1.807, 2.05) is 17.8 Å². The van der Waals surface area contributed by atoms with Gasteiger partial charge in [-0.15, -0.1) is 0 Å². The molecule has 110 valence electrons. The van der Waals surface area contributed by atoms with Crippen molar-refractivity contribution in [1.82, 2.24) is 18.2 Å². The largest absolute Gasteiger partial charge is 0.382 e. The van der Waals surface area contributed by atoms with Gasteiger partial charge in [0.15, 0.2) is 10.7 Å². The van der Waals surface area contributed by atoms with Crippen LogP contribution >= 0.6 is 11.5 Å². The summed E-state index contributed by atoms with van der Waals surface area (Å²) >= 11 is 1.02. The van der Waals surface area contributed by atoms with E-state index >= 15 is 0 Å². The lowest BCUT2D eigenvalue weighted by Crippen LogP contribution is -2.23. The molecule has 0 radical (unpaired) electrons. The second kappa shape index (κ2) is 5.38. The van der Waals surface area contributed by atoms with Crippen LogP contribution in [0.15, 0.2) is 17.3 Å². The summed E-state index contributed by atoms with van der Waals surface area (Å²) in [5.41, 5.74) is 5.68. The first-order valence-electron chi connectivity index (χ1n) is 5.71. The molecule has 3 N–H and O–H groups in total. The van der Waals surface area contributed by atoms with E-state index in [1.165, 1.54) is 14.1 Å². The number of nitrogens with one attached hydrogen (secondary N) is 1. The summed E-state index contributed by atoms with van der Waals surface area (Å²) in [6.07, 6.45) is 3.49. The van der Waals surface area contributed by atoms with Crippen LogP contribution in [0, 0.1) is 0 Å². The van der Waals surface area contributed by atoms with E-state index in [1.54, 1.807) is 6.20 Å². The molecule has 0 saturated carbocycles. The quantitative estimate of drug-likeness (QED) is 0.823. The molecule has 2 aromatic heterocycles. The molecule has 0 bridgehead atoms. The van der Waals surface area contributed by atoms with Gasteiger partial charge >= 0.3 is 0 Å². The predicted molar refractivity (Wildman–Crippen MR) is 77.9 cm³/mol. The maximum Gasteiger partial charge on any atom is 0.249 e. The Bertz CT molecular complexity index is 703. The van der Waals surface area contributed by atoms with Crippen LogP contribution in [0.3, 0.4) is 0 Å². The maximum absolute atomic E-state index is 12.2. The Balaban J connectivity index is 2.29. The summed E-state index contributed by atoms with van der Waals surface area (Å²) < 4.78 is 31.3. The van der Waals surface area contributed by atoms with Gasteiger partial charge < -0.3 is 15.6 Å². The molecule has 2 rings (SSSR count). The normalized spacial score (nSPS) is 12.0. The molecule has 0 atom stereocenters. The highest BCUT2D eigenvalue weighted by Crippen LogP contribution is 2.33. The summed E-state index contributed by atoms with van der Waals surface area (Å²) in [6, 6.07) is 0. The SMILES string of the molecule is CN(C)S(=O)(=O)c1c(N)nsc1NCc1nccn1C. The van der Waals surface area contributed by atoms with Crippen molar-refractivity contribution in [2.45, 2.75) is 11.4 Å². The number of aryl methyl sites for hydroxylation is 1. The number of sulfonamides is 1. The molecule has 2 heterocycles. The molecule has 2 aromatic rings. The highest BCUT2D eigenvalue weighted by molar-refractivity contribution is 7.89.